The van der Waals surface area contributed by atoms with Crippen molar-refractivity contribution in [2.75, 3.05) is 11.1 Å². The number of furan rings is 1. The maximum Gasteiger partial charge on any atom is 0.433 e. The first kappa shape index (κ1) is 20.2. The van der Waals surface area contributed by atoms with Gasteiger partial charge in [0.15, 0.2) is 10.9 Å². The third-order valence-corrected chi connectivity index (χ3v) is 4.44. The lowest BCUT2D eigenvalue weighted by Crippen LogP contribution is -2.15. The minimum absolute atomic E-state index is 0.0550. The van der Waals surface area contributed by atoms with E-state index in [0.29, 0.717) is 11.8 Å². The molecule has 3 rings (SSSR count). The van der Waals surface area contributed by atoms with Crippen LogP contribution >= 0.6 is 23.4 Å². The van der Waals surface area contributed by atoms with E-state index in [-0.39, 0.29) is 33.1 Å². The number of amides is 1. The van der Waals surface area contributed by atoms with Gasteiger partial charge in [-0.3, -0.25) is 4.79 Å². The molecule has 1 amide bonds. The van der Waals surface area contributed by atoms with E-state index in [1.54, 1.807) is 0 Å². The van der Waals surface area contributed by atoms with Crippen LogP contribution in [0, 0.1) is 5.82 Å². The molecule has 0 unspecified atom stereocenters. The number of anilines is 1. The van der Waals surface area contributed by atoms with E-state index in [9.17, 15) is 22.4 Å². The Morgan fingerprint density at radius 2 is 2.00 bits per heavy atom. The van der Waals surface area contributed by atoms with Gasteiger partial charge in [0.2, 0.25) is 5.91 Å². The van der Waals surface area contributed by atoms with Crippen LogP contribution < -0.4 is 5.32 Å². The van der Waals surface area contributed by atoms with Gasteiger partial charge < -0.3 is 9.73 Å². The van der Waals surface area contributed by atoms with Crippen molar-refractivity contribution in [3.63, 3.8) is 0 Å². The highest BCUT2D eigenvalue weighted by Crippen LogP contribution is 2.32. The summed E-state index contributed by atoms with van der Waals surface area (Å²) in [5, 5.41) is 2.05. The highest BCUT2D eigenvalue weighted by atomic mass is 35.5. The molecule has 0 saturated heterocycles. The van der Waals surface area contributed by atoms with Crippen LogP contribution in [0.5, 0.6) is 0 Å². The van der Waals surface area contributed by atoms with Gasteiger partial charge in [0.1, 0.15) is 17.2 Å². The number of rotatable bonds is 5. The van der Waals surface area contributed by atoms with Crippen molar-refractivity contribution >= 4 is 35.0 Å². The molecule has 11 heteroatoms. The highest BCUT2D eigenvalue weighted by molar-refractivity contribution is 7.99. The van der Waals surface area contributed by atoms with E-state index >= 15 is 0 Å². The largest absolute Gasteiger partial charge is 0.463 e. The van der Waals surface area contributed by atoms with E-state index in [1.165, 1.54) is 30.5 Å². The van der Waals surface area contributed by atoms with Crippen molar-refractivity contribution in [2.45, 2.75) is 11.3 Å². The summed E-state index contributed by atoms with van der Waals surface area (Å²) in [6.45, 7) is 0. The number of halogens is 5. The van der Waals surface area contributed by atoms with Gasteiger partial charge in [-0.25, -0.2) is 14.4 Å². The van der Waals surface area contributed by atoms with Gasteiger partial charge in [0, 0.05) is 5.69 Å². The first-order valence-corrected chi connectivity index (χ1v) is 8.96. The van der Waals surface area contributed by atoms with Crippen LogP contribution in [0.15, 0.2) is 52.2 Å². The molecule has 0 radical (unpaired) electrons. The summed E-state index contributed by atoms with van der Waals surface area (Å²) in [5.74, 6) is -1.32. The van der Waals surface area contributed by atoms with E-state index < -0.39 is 23.6 Å². The average molecular weight is 432 g/mol. The molecule has 0 saturated carbocycles. The molecule has 5 nitrogen and oxygen atoms in total. The summed E-state index contributed by atoms with van der Waals surface area (Å²) in [4.78, 5) is 19.5. The van der Waals surface area contributed by atoms with Crippen molar-refractivity contribution in [2.24, 2.45) is 0 Å². The smallest absolute Gasteiger partial charge is 0.433 e. The molecule has 0 atom stereocenters. The van der Waals surface area contributed by atoms with Crippen LogP contribution in [-0.2, 0) is 11.0 Å². The SMILES string of the molecule is O=C(CSc1nc(-c2ccco2)cc(C(F)(F)F)n1)Nc1ccc(F)c(Cl)c1. The Morgan fingerprint density at radius 3 is 2.64 bits per heavy atom. The number of benzene rings is 1. The summed E-state index contributed by atoms with van der Waals surface area (Å²) >= 11 is 6.34. The fourth-order valence-electron chi connectivity index (χ4n) is 2.09. The Bertz CT molecular complexity index is 997. The molecule has 0 aliphatic carbocycles. The Morgan fingerprint density at radius 1 is 1.21 bits per heavy atom. The van der Waals surface area contributed by atoms with Crippen LogP contribution in [0.3, 0.4) is 0 Å². The van der Waals surface area contributed by atoms with Crippen molar-refractivity contribution < 1.29 is 26.8 Å². The molecular formula is C17H10ClF4N3O2S. The van der Waals surface area contributed by atoms with Gasteiger partial charge >= 0.3 is 6.18 Å². The van der Waals surface area contributed by atoms with E-state index in [4.69, 9.17) is 16.0 Å². The van der Waals surface area contributed by atoms with Crippen LogP contribution in [0.25, 0.3) is 11.5 Å². The molecule has 0 bridgehead atoms. The number of aromatic nitrogens is 2. The van der Waals surface area contributed by atoms with Crippen LogP contribution in [0.4, 0.5) is 23.2 Å². The van der Waals surface area contributed by atoms with E-state index in [0.717, 1.165) is 12.1 Å². The summed E-state index contributed by atoms with van der Waals surface area (Å²) in [6.07, 6.45) is -3.38. The maximum atomic E-state index is 13.1. The van der Waals surface area contributed by atoms with Crippen molar-refractivity contribution in [1.82, 2.24) is 9.97 Å². The van der Waals surface area contributed by atoms with Gasteiger partial charge in [-0.2, -0.15) is 13.2 Å². The zero-order valence-corrected chi connectivity index (χ0v) is 15.3. The summed E-state index contributed by atoms with van der Waals surface area (Å²) in [7, 11) is 0. The lowest BCUT2D eigenvalue weighted by atomic mass is 10.2. The van der Waals surface area contributed by atoms with Crippen LogP contribution in [0.1, 0.15) is 5.69 Å². The maximum absolute atomic E-state index is 13.1. The third kappa shape index (κ3) is 5.02. The number of hydrogen-bond donors (Lipinski definition) is 1. The zero-order valence-electron chi connectivity index (χ0n) is 13.8. The molecule has 2 heterocycles. The lowest BCUT2D eigenvalue weighted by molar-refractivity contribution is -0.141. The van der Waals surface area contributed by atoms with Gasteiger partial charge in [-0.05, 0) is 36.4 Å². The summed E-state index contributed by atoms with van der Waals surface area (Å²) in [5.41, 5.74) is -0.957. The van der Waals surface area contributed by atoms with Crippen LogP contribution in [-0.4, -0.2) is 21.6 Å². The molecule has 1 aromatic carbocycles. The minimum Gasteiger partial charge on any atom is -0.463 e. The van der Waals surface area contributed by atoms with Crippen molar-refractivity contribution in [3.05, 3.63) is 59.2 Å². The third-order valence-electron chi connectivity index (χ3n) is 3.31. The second-order valence-corrected chi connectivity index (χ2v) is 6.71. The number of alkyl halides is 3. The van der Waals surface area contributed by atoms with E-state index in [2.05, 4.69) is 15.3 Å². The number of nitrogens with zero attached hydrogens (tertiary/aromatic N) is 2. The quantitative estimate of drug-likeness (QED) is 0.338. The van der Waals surface area contributed by atoms with E-state index in [1.807, 2.05) is 0 Å². The Kier molecular flexibility index (Phi) is 5.90. The topological polar surface area (TPSA) is 68.0 Å². The zero-order chi connectivity index (χ0) is 20.3. The van der Waals surface area contributed by atoms with Gasteiger partial charge in [-0.1, -0.05) is 23.4 Å². The Labute approximate surface area is 165 Å². The summed E-state index contributed by atoms with van der Waals surface area (Å²) in [6, 6.07) is 7.34. The number of hydrogen-bond acceptors (Lipinski definition) is 5. The molecule has 2 aromatic heterocycles. The second-order valence-electron chi connectivity index (χ2n) is 5.36. The molecule has 146 valence electrons. The monoisotopic (exact) mass is 431 g/mol. The first-order chi connectivity index (χ1) is 13.2. The number of nitrogens with one attached hydrogen (secondary N) is 1. The number of carbonyl (C=O) groups excluding carboxylic acids is 1. The molecule has 0 fully saturated rings. The fraction of sp³-hybridized carbons (Fsp3) is 0.118. The van der Waals surface area contributed by atoms with Gasteiger partial charge in [-0.15, -0.1) is 0 Å². The van der Waals surface area contributed by atoms with Gasteiger partial charge in [0.05, 0.1) is 17.0 Å². The molecule has 1 N–H and O–H groups in total. The molecule has 28 heavy (non-hydrogen) atoms. The average Bonchev–Trinajstić information content (AvgIpc) is 3.17. The number of thioether (sulfide) groups is 1. The van der Waals surface area contributed by atoms with Crippen LogP contribution in [0.2, 0.25) is 5.02 Å². The normalized spacial score (nSPS) is 11.5. The lowest BCUT2D eigenvalue weighted by Gasteiger charge is -2.09. The predicted molar refractivity (Wildman–Crippen MR) is 95.5 cm³/mol. The number of carbonyl (C=O) groups is 1. The molecule has 0 aliphatic rings. The van der Waals surface area contributed by atoms with Crippen molar-refractivity contribution in [1.29, 1.82) is 0 Å². The predicted octanol–water partition coefficient (Wildman–Crippen LogP) is 5.28. The molecule has 0 aliphatic heterocycles. The molecule has 3 aromatic rings. The standard InChI is InChI=1S/C17H10ClF4N3O2S/c18-10-6-9(3-4-11(10)19)23-15(26)8-28-16-24-12(13-2-1-5-27-13)7-14(25-16)17(20,21)22/h1-7H,8H2,(H,23,26). The fourth-order valence-corrected chi connectivity index (χ4v) is 2.93. The Hall–Kier alpha value is -2.59. The minimum atomic E-state index is -4.69. The Balaban J connectivity index is 1.75. The summed E-state index contributed by atoms with van der Waals surface area (Å²) < 4.78 is 57.5. The second kappa shape index (κ2) is 8.19. The first-order valence-electron chi connectivity index (χ1n) is 7.60. The van der Waals surface area contributed by atoms with Crippen molar-refractivity contribution in [3.8, 4) is 11.5 Å². The molecule has 0 spiro atoms. The highest BCUT2D eigenvalue weighted by Gasteiger charge is 2.34. The van der Waals surface area contributed by atoms with Gasteiger partial charge in [0.25, 0.3) is 0 Å². The molecular weight excluding hydrogens is 422 g/mol.